The number of aromatic nitrogens is 2. The van der Waals surface area contributed by atoms with Crippen molar-refractivity contribution in [1.29, 1.82) is 0 Å². The fraction of sp³-hybridized carbons (Fsp3) is 0.238. The SMILES string of the molecule is Cc1c(Cl)c(C(F)(F)F)nn1-c1cccc(C(=O)N(C)c2ccc3c(c2CO)OCO3)c1. The molecule has 0 aliphatic carbocycles. The van der Waals surface area contributed by atoms with Crippen LogP contribution in [-0.2, 0) is 12.8 Å². The molecule has 3 aromatic rings. The van der Waals surface area contributed by atoms with Crippen LogP contribution < -0.4 is 14.4 Å². The van der Waals surface area contributed by atoms with Crippen molar-refractivity contribution >= 4 is 23.2 Å². The number of alkyl halides is 3. The third-order valence-electron chi connectivity index (χ3n) is 5.09. The zero-order valence-corrected chi connectivity index (χ0v) is 17.7. The monoisotopic (exact) mass is 467 g/mol. The molecule has 0 atom stereocenters. The van der Waals surface area contributed by atoms with Crippen LogP contribution in [0.3, 0.4) is 0 Å². The lowest BCUT2D eigenvalue weighted by Crippen LogP contribution is -2.27. The summed E-state index contributed by atoms with van der Waals surface area (Å²) < 4.78 is 51.2. The van der Waals surface area contributed by atoms with E-state index in [0.717, 1.165) is 4.68 Å². The van der Waals surface area contributed by atoms with E-state index in [1.165, 1.54) is 43.1 Å². The number of halogens is 4. The summed E-state index contributed by atoms with van der Waals surface area (Å²) >= 11 is 5.84. The maximum Gasteiger partial charge on any atom is 0.436 e. The number of rotatable bonds is 4. The maximum absolute atomic E-state index is 13.2. The number of amides is 1. The Kier molecular flexibility index (Phi) is 5.51. The Morgan fingerprint density at radius 3 is 2.69 bits per heavy atom. The predicted molar refractivity (Wildman–Crippen MR) is 110 cm³/mol. The molecule has 7 nitrogen and oxygen atoms in total. The normalized spacial score (nSPS) is 12.8. The Labute approximate surface area is 185 Å². The summed E-state index contributed by atoms with van der Waals surface area (Å²) in [6, 6.07) is 9.25. The van der Waals surface area contributed by atoms with Crippen LogP contribution in [0, 0.1) is 6.92 Å². The number of anilines is 1. The predicted octanol–water partition coefficient (Wildman–Crippen LogP) is 4.35. The van der Waals surface area contributed by atoms with Crippen LogP contribution in [-0.4, -0.2) is 34.6 Å². The number of aliphatic hydroxyl groups is 1. The lowest BCUT2D eigenvalue weighted by Gasteiger charge is -2.21. The second-order valence-electron chi connectivity index (χ2n) is 7.03. The number of nitrogens with zero attached hydrogens (tertiary/aromatic N) is 3. The summed E-state index contributed by atoms with van der Waals surface area (Å²) in [5.41, 5.74) is 0.133. The van der Waals surface area contributed by atoms with E-state index < -0.39 is 22.8 Å². The van der Waals surface area contributed by atoms with E-state index in [0.29, 0.717) is 22.7 Å². The Hall–Kier alpha value is -3.24. The second-order valence-corrected chi connectivity index (χ2v) is 7.41. The van der Waals surface area contributed by atoms with E-state index in [2.05, 4.69) is 5.10 Å². The Balaban J connectivity index is 1.70. The zero-order chi connectivity index (χ0) is 23.2. The Bertz CT molecular complexity index is 1210. The van der Waals surface area contributed by atoms with Crippen molar-refractivity contribution in [3.05, 3.63) is 63.9 Å². The summed E-state index contributed by atoms with van der Waals surface area (Å²) in [5.74, 6) is 0.374. The van der Waals surface area contributed by atoms with Gasteiger partial charge in [0, 0.05) is 18.2 Å². The molecule has 0 radical (unpaired) electrons. The molecule has 0 saturated carbocycles. The molecule has 0 saturated heterocycles. The summed E-state index contributed by atoms with van der Waals surface area (Å²) in [4.78, 5) is 14.5. The first kappa shape index (κ1) is 22.0. The Morgan fingerprint density at radius 1 is 1.28 bits per heavy atom. The van der Waals surface area contributed by atoms with E-state index >= 15 is 0 Å². The van der Waals surface area contributed by atoms with Gasteiger partial charge in [0.1, 0.15) is 0 Å². The second kappa shape index (κ2) is 8.03. The molecule has 11 heteroatoms. The highest BCUT2D eigenvalue weighted by Gasteiger charge is 2.38. The van der Waals surface area contributed by atoms with Crippen molar-refractivity contribution < 1.29 is 32.5 Å². The van der Waals surface area contributed by atoms with Crippen LogP contribution in [0.4, 0.5) is 18.9 Å². The molecule has 168 valence electrons. The lowest BCUT2D eigenvalue weighted by atomic mass is 10.1. The zero-order valence-electron chi connectivity index (χ0n) is 16.9. The van der Waals surface area contributed by atoms with Gasteiger partial charge < -0.3 is 19.5 Å². The van der Waals surface area contributed by atoms with Gasteiger partial charge >= 0.3 is 6.18 Å². The number of aliphatic hydroxyl groups excluding tert-OH is 1. The number of benzene rings is 2. The minimum Gasteiger partial charge on any atom is -0.454 e. The van der Waals surface area contributed by atoms with Gasteiger partial charge in [-0.1, -0.05) is 17.7 Å². The fourth-order valence-electron chi connectivity index (χ4n) is 3.48. The number of carbonyl (C=O) groups is 1. The highest BCUT2D eigenvalue weighted by Crippen LogP contribution is 2.41. The molecule has 1 aromatic heterocycles. The molecule has 0 fully saturated rings. The number of ether oxygens (including phenoxy) is 2. The quantitative estimate of drug-likeness (QED) is 0.617. The van der Waals surface area contributed by atoms with Gasteiger partial charge in [-0.2, -0.15) is 18.3 Å². The number of fused-ring (bicyclic) bond motifs is 1. The number of carbonyl (C=O) groups excluding carboxylic acids is 1. The van der Waals surface area contributed by atoms with Crippen molar-refractivity contribution in [2.45, 2.75) is 19.7 Å². The molecule has 1 aliphatic rings. The van der Waals surface area contributed by atoms with Gasteiger partial charge in [-0.15, -0.1) is 0 Å². The van der Waals surface area contributed by atoms with Gasteiger partial charge in [-0.3, -0.25) is 4.79 Å². The van der Waals surface area contributed by atoms with Crippen molar-refractivity contribution in [3.63, 3.8) is 0 Å². The summed E-state index contributed by atoms with van der Waals surface area (Å²) in [6.07, 6.45) is -4.71. The fourth-order valence-corrected chi connectivity index (χ4v) is 3.70. The molecular weight excluding hydrogens is 451 g/mol. The molecule has 2 aromatic carbocycles. The van der Waals surface area contributed by atoms with E-state index in [9.17, 15) is 23.1 Å². The first-order chi connectivity index (χ1) is 15.1. The van der Waals surface area contributed by atoms with E-state index in [-0.39, 0.29) is 30.3 Å². The van der Waals surface area contributed by atoms with Gasteiger partial charge in [0.2, 0.25) is 6.79 Å². The summed E-state index contributed by atoms with van der Waals surface area (Å²) in [5, 5.41) is 12.9. The smallest absolute Gasteiger partial charge is 0.436 e. The largest absolute Gasteiger partial charge is 0.454 e. The minimum absolute atomic E-state index is 0.0111. The standard InChI is InChI=1S/C21H17ClF3N3O4/c1-11-17(22)19(21(23,24)25)26-28(11)13-5-3-4-12(8-13)20(30)27(2)15-6-7-16-18(14(15)9-29)32-10-31-16/h3-8,29H,9-10H2,1-2H3. The molecule has 1 aliphatic heterocycles. The average Bonchev–Trinajstić information content (AvgIpc) is 3.36. The summed E-state index contributed by atoms with van der Waals surface area (Å²) in [6.45, 7) is 1.03. The van der Waals surface area contributed by atoms with Crippen LogP contribution in [0.5, 0.6) is 11.5 Å². The Morgan fingerprint density at radius 2 is 2.03 bits per heavy atom. The molecule has 32 heavy (non-hydrogen) atoms. The van der Waals surface area contributed by atoms with E-state index in [1.807, 2.05) is 0 Å². The van der Waals surface area contributed by atoms with Gasteiger partial charge in [-0.05, 0) is 37.3 Å². The highest BCUT2D eigenvalue weighted by molar-refractivity contribution is 6.32. The van der Waals surface area contributed by atoms with Gasteiger partial charge in [0.15, 0.2) is 17.2 Å². The van der Waals surface area contributed by atoms with Crippen molar-refractivity contribution in [1.82, 2.24) is 9.78 Å². The molecule has 0 spiro atoms. The van der Waals surface area contributed by atoms with Crippen LogP contribution >= 0.6 is 11.6 Å². The maximum atomic E-state index is 13.2. The first-order valence-corrected chi connectivity index (χ1v) is 9.74. The van der Waals surface area contributed by atoms with Gasteiger partial charge in [-0.25, -0.2) is 4.68 Å². The van der Waals surface area contributed by atoms with E-state index in [1.54, 1.807) is 12.1 Å². The minimum atomic E-state index is -4.71. The average molecular weight is 468 g/mol. The molecular formula is C21H17ClF3N3O4. The first-order valence-electron chi connectivity index (χ1n) is 9.36. The van der Waals surface area contributed by atoms with Crippen molar-refractivity contribution in [3.8, 4) is 17.2 Å². The van der Waals surface area contributed by atoms with Crippen LogP contribution in [0.15, 0.2) is 36.4 Å². The molecule has 4 rings (SSSR count). The van der Waals surface area contributed by atoms with Crippen LogP contribution in [0.1, 0.15) is 27.3 Å². The third kappa shape index (κ3) is 3.65. The molecule has 1 N–H and O–H groups in total. The third-order valence-corrected chi connectivity index (χ3v) is 5.54. The van der Waals surface area contributed by atoms with Crippen molar-refractivity contribution in [2.24, 2.45) is 0 Å². The van der Waals surface area contributed by atoms with Crippen LogP contribution in [0.25, 0.3) is 5.69 Å². The van der Waals surface area contributed by atoms with Crippen LogP contribution in [0.2, 0.25) is 5.02 Å². The highest BCUT2D eigenvalue weighted by atomic mass is 35.5. The molecule has 0 unspecified atom stereocenters. The van der Waals surface area contributed by atoms with Gasteiger partial charge in [0.25, 0.3) is 5.91 Å². The molecule has 0 bridgehead atoms. The van der Waals surface area contributed by atoms with E-state index in [4.69, 9.17) is 21.1 Å². The molecule has 1 amide bonds. The lowest BCUT2D eigenvalue weighted by molar-refractivity contribution is -0.141. The molecule has 2 heterocycles. The topological polar surface area (TPSA) is 76.8 Å². The van der Waals surface area contributed by atoms with Crippen molar-refractivity contribution in [2.75, 3.05) is 18.7 Å². The summed E-state index contributed by atoms with van der Waals surface area (Å²) in [7, 11) is 1.52. The number of hydrogen-bond acceptors (Lipinski definition) is 5. The number of hydrogen-bond donors (Lipinski definition) is 1. The van der Waals surface area contributed by atoms with Gasteiger partial charge in [0.05, 0.1) is 28.7 Å².